The number of carbonyl (C=O) groups is 1. The third kappa shape index (κ3) is 3.87. The lowest BCUT2D eigenvalue weighted by molar-refractivity contribution is -0.116. The zero-order valence-electron chi connectivity index (χ0n) is 14.7. The molecule has 0 aliphatic carbocycles. The van der Waals surface area contributed by atoms with E-state index in [0.717, 1.165) is 27.5 Å². The minimum Gasteiger partial charge on any atom is -0.302 e. The van der Waals surface area contributed by atoms with Crippen LogP contribution in [0.5, 0.6) is 0 Å². The van der Waals surface area contributed by atoms with E-state index in [0.29, 0.717) is 16.2 Å². The molecule has 144 valence electrons. The van der Waals surface area contributed by atoms with Crippen molar-refractivity contribution in [3.05, 3.63) is 42.0 Å². The largest absolute Gasteiger partial charge is 0.302 e. The van der Waals surface area contributed by atoms with Crippen LogP contribution in [0.25, 0.3) is 21.3 Å². The molecular formula is C17H15N5O3S3. The van der Waals surface area contributed by atoms with Crippen LogP contribution in [-0.2, 0) is 14.8 Å². The van der Waals surface area contributed by atoms with E-state index in [2.05, 4.69) is 23.8 Å². The van der Waals surface area contributed by atoms with Gasteiger partial charge in [0.15, 0.2) is 5.13 Å². The molecule has 0 aliphatic rings. The number of thiazole rings is 1. The van der Waals surface area contributed by atoms with Gasteiger partial charge in [-0.25, -0.2) is 18.1 Å². The third-order valence-electron chi connectivity index (χ3n) is 3.97. The fourth-order valence-electron chi connectivity index (χ4n) is 2.64. The smallest absolute Gasteiger partial charge is 0.242 e. The van der Waals surface area contributed by atoms with Crippen molar-refractivity contribution >= 4 is 65.4 Å². The Labute approximate surface area is 169 Å². The fourth-order valence-corrected chi connectivity index (χ4v) is 5.42. The van der Waals surface area contributed by atoms with E-state index in [1.54, 1.807) is 12.1 Å². The minimum atomic E-state index is -3.79. The SMILES string of the molecule is Cc1ccc2nc(NC(=O)CCNS(=O)(=O)c3cccc4nsnc34)sc2c1. The highest BCUT2D eigenvalue weighted by Crippen LogP contribution is 2.26. The molecule has 2 heterocycles. The summed E-state index contributed by atoms with van der Waals surface area (Å²) in [5.41, 5.74) is 2.79. The number of nitrogens with one attached hydrogen (secondary N) is 2. The molecule has 4 aromatic rings. The number of carbonyl (C=O) groups excluding carboxylic acids is 1. The average Bonchev–Trinajstić information content (AvgIpc) is 3.26. The van der Waals surface area contributed by atoms with Crippen LogP contribution in [0.15, 0.2) is 41.3 Å². The molecule has 2 aromatic heterocycles. The molecule has 2 N–H and O–H groups in total. The normalized spacial score (nSPS) is 11.9. The molecule has 28 heavy (non-hydrogen) atoms. The molecule has 0 saturated carbocycles. The Kier molecular flexibility index (Phi) is 5.06. The zero-order valence-corrected chi connectivity index (χ0v) is 17.1. The Morgan fingerprint density at radius 1 is 1.14 bits per heavy atom. The Hall–Kier alpha value is -2.47. The number of hydrogen-bond acceptors (Lipinski definition) is 8. The van der Waals surface area contributed by atoms with Gasteiger partial charge >= 0.3 is 0 Å². The van der Waals surface area contributed by atoms with Crippen LogP contribution in [0.1, 0.15) is 12.0 Å². The number of aromatic nitrogens is 3. The second-order valence-corrected chi connectivity index (χ2v) is 9.37. The van der Waals surface area contributed by atoms with E-state index in [4.69, 9.17) is 0 Å². The zero-order chi connectivity index (χ0) is 19.7. The molecular weight excluding hydrogens is 418 g/mol. The van der Waals surface area contributed by atoms with E-state index in [9.17, 15) is 13.2 Å². The first kappa shape index (κ1) is 18.9. The van der Waals surface area contributed by atoms with E-state index in [-0.39, 0.29) is 23.8 Å². The topological polar surface area (TPSA) is 114 Å². The Bertz CT molecular complexity index is 1280. The molecule has 11 heteroatoms. The number of aryl methyl sites for hydroxylation is 1. The summed E-state index contributed by atoms with van der Waals surface area (Å²) in [6.45, 7) is 1.96. The lowest BCUT2D eigenvalue weighted by atomic mass is 10.2. The van der Waals surface area contributed by atoms with Gasteiger partial charge in [-0.3, -0.25) is 4.79 Å². The van der Waals surface area contributed by atoms with Crippen molar-refractivity contribution in [1.29, 1.82) is 0 Å². The lowest BCUT2D eigenvalue weighted by Crippen LogP contribution is -2.28. The molecule has 0 unspecified atom stereocenters. The molecule has 0 atom stereocenters. The summed E-state index contributed by atoms with van der Waals surface area (Å²) in [4.78, 5) is 16.6. The summed E-state index contributed by atoms with van der Waals surface area (Å²) < 4.78 is 36.5. The van der Waals surface area contributed by atoms with Crippen molar-refractivity contribution in [1.82, 2.24) is 18.5 Å². The average molecular weight is 434 g/mol. The van der Waals surface area contributed by atoms with E-state index in [1.807, 2.05) is 25.1 Å². The van der Waals surface area contributed by atoms with Crippen molar-refractivity contribution in [3.8, 4) is 0 Å². The molecule has 0 bridgehead atoms. The molecule has 4 rings (SSSR count). The number of nitrogens with zero attached hydrogens (tertiary/aromatic N) is 3. The first-order chi connectivity index (χ1) is 13.4. The second kappa shape index (κ2) is 7.51. The van der Waals surface area contributed by atoms with Crippen LogP contribution < -0.4 is 10.0 Å². The Morgan fingerprint density at radius 2 is 2.00 bits per heavy atom. The molecule has 1 amide bonds. The predicted octanol–water partition coefficient (Wildman–Crippen LogP) is 2.92. The number of rotatable bonds is 6. The summed E-state index contributed by atoms with van der Waals surface area (Å²) >= 11 is 2.34. The van der Waals surface area contributed by atoms with Crippen LogP contribution >= 0.6 is 23.1 Å². The minimum absolute atomic E-state index is 0.0144. The Morgan fingerprint density at radius 3 is 2.86 bits per heavy atom. The molecule has 0 saturated heterocycles. The fraction of sp³-hybridized carbons (Fsp3) is 0.176. The van der Waals surface area contributed by atoms with E-state index >= 15 is 0 Å². The molecule has 0 aliphatic heterocycles. The first-order valence-corrected chi connectivity index (χ1v) is 11.3. The van der Waals surface area contributed by atoms with Gasteiger partial charge in [-0.05, 0) is 36.8 Å². The van der Waals surface area contributed by atoms with E-state index < -0.39 is 10.0 Å². The lowest BCUT2D eigenvalue weighted by Gasteiger charge is -2.07. The highest BCUT2D eigenvalue weighted by molar-refractivity contribution is 7.89. The molecule has 0 fully saturated rings. The van der Waals surface area contributed by atoms with Crippen LogP contribution in [-0.4, -0.2) is 34.6 Å². The number of anilines is 1. The highest BCUT2D eigenvalue weighted by atomic mass is 32.2. The number of hydrogen-bond donors (Lipinski definition) is 2. The van der Waals surface area contributed by atoms with Crippen LogP contribution in [0, 0.1) is 6.92 Å². The second-order valence-electron chi connectivity index (χ2n) is 6.07. The van der Waals surface area contributed by atoms with Crippen molar-refractivity contribution in [2.45, 2.75) is 18.2 Å². The monoisotopic (exact) mass is 433 g/mol. The maximum absolute atomic E-state index is 12.5. The van der Waals surface area contributed by atoms with Gasteiger partial charge < -0.3 is 5.32 Å². The predicted molar refractivity (Wildman–Crippen MR) is 110 cm³/mol. The van der Waals surface area contributed by atoms with Crippen LogP contribution in [0.2, 0.25) is 0 Å². The summed E-state index contributed by atoms with van der Waals surface area (Å²) in [6.07, 6.45) is -0.0144. The summed E-state index contributed by atoms with van der Waals surface area (Å²) in [5, 5.41) is 3.21. The quantitative estimate of drug-likeness (QED) is 0.483. The van der Waals surface area contributed by atoms with Crippen molar-refractivity contribution < 1.29 is 13.2 Å². The number of amides is 1. The van der Waals surface area contributed by atoms with Crippen molar-refractivity contribution in [2.75, 3.05) is 11.9 Å². The van der Waals surface area contributed by atoms with Crippen molar-refractivity contribution in [2.24, 2.45) is 0 Å². The van der Waals surface area contributed by atoms with Gasteiger partial charge in [-0.1, -0.05) is 23.5 Å². The molecule has 0 spiro atoms. The molecule has 2 aromatic carbocycles. The van der Waals surface area contributed by atoms with E-state index in [1.165, 1.54) is 17.4 Å². The maximum Gasteiger partial charge on any atom is 0.242 e. The van der Waals surface area contributed by atoms with Crippen molar-refractivity contribution in [3.63, 3.8) is 0 Å². The first-order valence-electron chi connectivity index (χ1n) is 8.30. The number of sulfonamides is 1. The molecule has 8 nitrogen and oxygen atoms in total. The van der Waals surface area contributed by atoms with Crippen LogP contribution in [0.4, 0.5) is 5.13 Å². The van der Waals surface area contributed by atoms with Gasteiger partial charge in [0.05, 0.1) is 21.9 Å². The summed E-state index contributed by atoms with van der Waals surface area (Å²) in [5.74, 6) is -0.313. The van der Waals surface area contributed by atoms with Gasteiger partial charge in [0, 0.05) is 13.0 Å². The summed E-state index contributed by atoms with van der Waals surface area (Å²) in [6, 6.07) is 10.6. The van der Waals surface area contributed by atoms with Gasteiger partial charge in [0.25, 0.3) is 0 Å². The standard InChI is InChI=1S/C17H15N5O3S3/c1-10-5-6-11-13(9-10)26-17(19-11)20-15(23)7-8-18-28(24,25)14-4-2-3-12-16(14)22-27-21-12/h2-6,9,18H,7-8H2,1H3,(H,19,20,23). The van der Waals surface area contributed by atoms with Crippen LogP contribution in [0.3, 0.4) is 0 Å². The van der Waals surface area contributed by atoms with Gasteiger partial charge in [-0.15, -0.1) is 0 Å². The third-order valence-corrected chi connectivity index (χ3v) is 6.94. The van der Waals surface area contributed by atoms with Gasteiger partial charge in [0.2, 0.25) is 15.9 Å². The van der Waals surface area contributed by atoms with Gasteiger partial charge in [-0.2, -0.15) is 8.75 Å². The molecule has 0 radical (unpaired) electrons. The maximum atomic E-state index is 12.5. The number of benzene rings is 2. The van der Waals surface area contributed by atoms with Gasteiger partial charge in [0.1, 0.15) is 15.9 Å². The summed E-state index contributed by atoms with van der Waals surface area (Å²) in [7, 11) is -3.79. The number of fused-ring (bicyclic) bond motifs is 2. The highest BCUT2D eigenvalue weighted by Gasteiger charge is 2.19. The Balaban J connectivity index is 1.38.